The molecular formula is C15H16ClN3O2S. The summed E-state index contributed by atoms with van der Waals surface area (Å²) in [5.41, 5.74) is 1.17. The van der Waals surface area contributed by atoms with Gasteiger partial charge in [-0.15, -0.1) is 0 Å². The molecule has 1 amide bonds. The summed E-state index contributed by atoms with van der Waals surface area (Å²) in [6, 6.07) is 8.34. The summed E-state index contributed by atoms with van der Waals surface area (Å²) < 4.78 is 0. The van der Waals surface area contributed by atoms with E-state index in [1.807, 2.05) is 6.92 Å². The number of aromatic amines is 1. The number of hydrogen-bond donors (Lipinski definition) is 2. The van der Waals surface area contributed by atoms with Gasteiger partial charge in [0.05, 0.1) is 5.25 Å². The number of hydrogen-bond acceptors (Lipinski definition) is 4. The standard InChI is InChI=1S/C15H16ClN3O2S/c1-3-11-8-13(20)19-15(18-11)22-9(2)14(21)17-12-6-4-10(16)5-7-12/h4-9H,3H2,1-2H3,(H,17,21)(H,18,19,20). The summed E-state index contributed by atoms with van der Waals surface area (Å²) in [6.07, 6.45) is 0.669. The topological polar surface area (TPSA) is 74.8 Å². The molecule has 1 aromatic carbocycles. The molecule has 0 spiro atoms. The second-order valence-corrected chi connectivity index (χ2v) is 6.42. The van der Waals surface area contributed by atoms with E-state index in [-0.39, 0.29) is 11.5 Å². The maximum absolute atomic E-state index is 12.2. The van der Waals surface area contributed by atoms with Crippen molar-refractivity contribution in [3.63, 3.8) is 0 Å². The van der Waals surface area contributed by atoms with E-state index >= 15 is 0 Å². The van der Waals surface area contributed by atoms with Crippen LogP contribution in [0.1, 0.15) is 19.5 Å². The summed E-state index contributed by atoms with van der Waals surface area (Å²) in [7, 11) is 0. The Morgan fingerprint density at radius 2 is 2.09 bits per heavy atom. The summed E-state index contributed by atoms with van der Waals surface area (Å²) >= 11 is 7.02. The van der Waals surface area contributed by atoms with Crippen LogP contribution in [-0.4, -0.2) is 21.1 Å². The van der Waals surface area contributed by atoms with Crippen LogP contribution < -0.4 is 10.9 Å². The lowest BCUT2D eigenvalue weighted by atomic mass is 10.3. The maximum atomic E-state index is 12.2. The number of halogens is 1. The first-order chi connectivity index (χ1) is 10.5. The Labute approximate surface area is 137 Å². The minimum absolute atomic E-state index is 0.170. The molecule has 0 aliphatic heterocycles. The van der Waals surface area contributed by atoms with Crippen molar-refractivity contribution in [2.75, 3.05) is 5.32 Å². The minimum Gasteiger partial charge on any atom is -0.325 e. The van der Waals surface area contributed by atoms with Crippen LogP contribution in [0.25, 0.3) is 0 Å². The summed E-state index contributed by atoms with van der Waals surface area (Å²) in [4.78, 5) is 30.6. The lowest BCUT2D eigenvalue weighted by Crippen LogP contribution is -2.23. The zero-order valence-electron chi connectivity index (χ0n) is 12.2. The van der Waals surface area contributed by atoms with E-state index in [2.05, 4.69) is 15.3 Å². The molecule has 1 aromatic heterocycles. The molecule has 0 saturated heterocycles. The van der Waals surface area contributed by atoms with Crippen molar-refractivity contribution in [1.82, 2.24) is 9.97 Å². The van der Waals surface area contributed by atoms with Crippen molar-refractivity contribution in [1.29, 1.82) is 0 Å². The van der Waals surface area contributed by atoms with E-state index in [1.165, 1.54) is 17.8 Å². The van der Waals surface area contributed by atoms with Gasteiger partial charge in [0.1, 0.15) is 0 Å². The molecule has 1 unspecified atom stereocenters. The quantitative estimate of drug-likeness (QED) is 0.649. The van der Waals surface area contributed by atoms with Crippen LogP contribution in [0.3, 0.4) is 0 Å². The van der Waals surface area contributed by atoms with Crippen LogP contribution in [0.2, 0.25) is 5.02 Å². The number of anilines is 1. The van der Waals surface area contributed by atoms with E-state index in [1.54, 1.807) is 31.2 Å². The SMILES string of the molecule is CCc1cc(=O)[nH]c(SC(C)C(=O)Nc2ccc(Cl)cc2)n1. The predicted molar refractivity (Wildman–Crippen MR) is 89.6 cm³/mol. The average Bonchev–Trinajstić information content (AvgIpc) is 2.48. The zero-order chi connectivity index (χ0) is 16.1. The Balaban J connectivity index is 2.03. The van der Waals surface area contributed by atoms with Crippen molar-refractivity contribution >= 4 is 35.0 Å². The molecule has 116 valence electrons. The van der Waals surface area contributed by atoms with E-state index < -0.39 is 5.25 Å². The largest absolute Gasteiger partial charge is 0.325 e. The predicted octanol–water partition coefficient (Wildman–Crippen LogP) is 3.11. The highest BCUT2D eigenvalue weighted by Crippen LogP contribution is 2.21. The monoisotopic (exact) mass is 337 g/mol. The number of nitrogens with one attached hydrogen (secondary N) is 2. The highest BCUT2D eigenvalue weighted by molar-refractivity contribution is 8.00. The van der Waals surface area contributed by atoms with Crippen molar-refractivity contribution < 1.29 is 4.79 Å². The van der Waals surface area contributed by atoms with Crippen molar-refractivity contribution in [2.45, 2.75) is 30.7 Å². The fourth-order valence-corrected chi connectivity index (χ4v) is 2.67. The van der Waals surface area contributed by atoms with Crippen LogP contribution in [0.5, 0.6) is 0 Å². The summed E-state index contributed by atoms with van der Waals surface area (Å²) in [5.74, 6) is -0.170. The van der Waals surface area contributed by atoms with Gasteiger partial charge in [-0.3, -0.25) is 9.59 Å². The number of rotatable bonds is 5. The molecule has 2 rings (SSSR count). The number of aryl methyl sites for hydroxylation is 1. The van der Waals surface area contributed by atoms with Crippen molar-refractivity contribution in [2.24, 2.45) is 0 Å². The Morgan fingerprint density at radius 3 is 2.73 bits per heavy atom. The molecule has 7 heteroatoms. The number of aromatic nitrogens is 2. The molecule has 0 bridgehead atoms. The minimum atomic E-state index is -0.397. The first-order valence-electron chi connectivity index (χ1n) is 6.81. The fourth-order valence-electron chi connectivity index (χ4n) is 1.72. The number of amides is 1. The summed E-state index contributed by atoms with van der Waals surface area (Å²) in [6.45, 7) is 3.68. The number of carbonyl (C=O) groups is 1. The van der Waals surface area contributed by atoms with Gasteiger partial charge in [0, 0.05) is 22.5 Å². The number of benzene rings is 1. The van der Waals surface area contributed by atoms with Gasteiger partial charge in [0.15, 0.2) is 5.16 Å². The second-order valence-electron chi connectivity index (χ2n) is 4.65. The molecule has 2 N–H and O–H groups in total. The van der Waals surface area contributed by atoms with Gasteiger partial charge in [-0.25, -0.2) is 4.98 Å². The lowest BCUT2D eigenvalue weighted by molar-refractivity contribution is -0.115. The number of H-pyrrole nitrogens is 1. The lowest BCUT2D eigenvalue weighted by Gasteiger charge is -2.11. The van der Waals surface area contributed by atoms with Crippen LogP contribution >= 0.6 is 23.4 Å². The van der Waals surface area contributed by atoms with Gasteiger partial charge in [0.2, 0.25) is 5.91 Å². The van der Waals surface area contributed by atoms with Gasteiger partial charge in [0.25, 0.3) is 5.56 Å². The van der Waals surface area contributed by atoms with E-state index in [4.69, 9.17) is 11.6 Å². The van der Waals surface area contributed by atoms with Gasteiger partial charge in [-0.2, -0.15) is 0 Å². The Kier molecular flexibility index (Phi) is 5.63. The molecule has 1 atom stereocenters. The third-order valence-corrected chi connectivity index (χ3v) is 4.14. The van der Waals surface area contributed by atoms with Crippen LogP contribution in [0.4, 0.5) is 5.69 Å². The van der Waals surface area contributed by atoms with Crippen LogP contribution in [0.15, 0.2) is 40.3 Å². The number of thioether (sulfide) groups is 1. The third-order valence-electron chi connectivity index (χ3n) is 2.90. The Bertz CT molecular complexity index is 715. The van der Waals surface area contributed by atoms with E-state index in [0.717, 1.165) is 0 Å². The molecule has 0 radical (unpaired) electrons. The molecular weight excluding hydrogens is 322 g/mol. The Morgan fingerprint density at radius 1 is 1.41 bits per heavy atom. The third kappa shape index (κ3) is 4.61. The zero-order valence-corrected chi connectivity index (χ0v) is 13.8. The highest BCUT2D eigenvalue weighted by atomic mass is 35.5. The van der Waals surface area contributed by atoms with Crippen molar-refractivity contribution in [3.8, 4) is 0 Å². The normalized spacial score (nSPS) is 12.0. The molecule has 0 saturated carbocycles. The van der Waals surface area contributed by atoms with E-state index in [9.17, 15) is 9.59 Å². The molecule has 1 heterocycles. The Hall–Kier alpha value is -1.79. The number of carbonyl (C=O) groups excluding carboxylic acids is 1. The molecule has 0 aliphatic rings. The van der Waals surface area contributed by atoms with Gasteiger partial charge >= 0.3 is 0 Å². The molecule has 2 aromatic rings. The number of nitrogens with zero attached hydrogens (tertiary/aromatic N) is 1. The molecule has 0 aliphatic carbocycles. The van der Waals surface area contributed by atoms with Crippen LogP contribution in [0, 0.1) is 0 Å². The van der Waals surface area contributed by atoms with Gasteiger partial charge in [-0.1, -0.05) is 30.3 Å². The first kappa shape index (κ1) is 16.6. The van der Waals surface area contributed by atoms with Gasteiger partial charge < -0.3 is 10.3 Å². The smallest absolute Gasteiger partial charge is 0.251 e. The van der Waals surface area contributed by atoms with E-state index in [0.29, 0.717) is 28.0 Å². The second kappa shape index (κ2) is 7.47. The fraction of sp³-hybridized carbons (Fsp3) is 0.267. The molecule has 22 heavy (non-hydrogen) atoms. The summed E-state index contributed by atoms with van der Waals surface area (Å²) in [5, 5.41) is 3.45. The maximum Gasteiger partial charge on any atom is 0.251 e. The van der Waals surface area contributed by atoms with Gasteiger partial charge in [-0.05, 0) is 37.6 Å². The van der Waals surface area contributed by atoms with Crippen molar-refractivity contribution in [3.05, 3.63) is 51.4 Å². The molecule has 5 nitrogen and oxygen atoms in total. The molecule has 0 fully saturated rings. The average molecular weight is 338 g/mol. The first-order valence-corrected chi connectivity index (χ1v) is 8.07. The highest BCUT2D eigenvalue weighted by Gasteiger charge is 2.16. The van der Waals surface area contributed by atoms with Crippen LogP contribution in [-0.2, 0) is 11.2 Å².